The van der Waals surface area contributed by atoms with Gasteiger partial charge in [0.15, 0.2) is 0 Å². The molecular formula is C13H22N4O. The maximum Gasteiger partial charge on any atom is 0.225 e. The van der Waals surface area contributed by atoms with Crippen molar-refractivity contribution in [1.82, 2.24) is 20.4 Å². The Morgan fingerprint density at radius 3 is 2.61 bits per heavy atom. The first-order chi connectivity index (χ1) is 8.50. The Bertz CT molecular complexity index is 448. The molecule has 2 heterocycles. The Hall–Kier alpha value is -1.36. The van der Waals surface area contributed by atoms with E-state index in [0.717, 1.165) is 18.8 Å². The van der Waals surface area contributed by atoms with E-state index in [-0.39, 0.29) is 17.9 Å². The minimum Gasteiger partial charge on any atom is -0.354 e. The van der Waals surface area contributed by atoms with Crippen molar-refractivity contribution in [2.24, 2.45) is 5.92 Å². The smallest absolute Gasteiger partial charge is 0.225 e. The third-order valence-corrected chi connectivity index (χ3v) is 3.83. The van der Waals surface area contributed by atoms with Crippen LogP contribution >= 0.6 is 0 Å². The standard InChI is InChI=1S/C13H22N4O/c1-8(5-15-13(18)12-6-14-7-12)17-11(4)9(2)10(3)16-17/h8,12,14H,5-7H2,1-4H3,(H,15,18)/t8-/m0/s1. The summed E-state index contributed by atoms with van der Waals surface area (Å²) in [4.78, 5) is 11.7. The molecule has 2 rings (SSSR count). The number of hydrogen-bond donors (Lipinski definition) is 2. The molecule has 1 aliphatic rings. The summed E-state index contributed by atoms with van der Waals surface area (Å²) in [5.41, 5.74) is 3.48. The molecule has 0 bridgehead atoms. The lowest BCUT2D eigenvalue weighted by Gasteiger charge is -2.26. The summed E-state index contributed by atoms with van der Waals surface area (Å²) in [6, 6.07) is 0.189. The molecule has 1 fully saturated rings. The fourth-order valence-electron chi connectivity index (χ4n) is 2.13. The summed E-state index contributed by atoms with van der Waals surface area (Å²) in [5, 5.41) is 10.6. The van der Waals surface area contributed by atoms with E-state index in [2.05, 4.69) is 36.5 Å². The number of hydrogen-bond acceptors (Lipinski definition) is 3. The normalized spacial score (nSPS) is 17.3. The predicted octanol–water partition coefficient (Wildman–Crippen LogP) is 0.705. The van der Waals surface area contributed by atoms with E-state index in [1.54, 1.807) is 0 Å². The monoisotopic (exact) mass is 250 g/mol. The molecule has 0 radical (unpaired) electrons. The zero-order chi connectivity index (χ0) is 13.3. The Kier molecular flexibility index (Phi) is 3.71. The summed E-state index contributed by atoms with van der Waals surface area (Å²) in [5.74, 6) is 0.304. The molecule has 0 saturated carbocycles. The molecule has 0 aliphatic carbocycles. The predicted molar refractivity (Wildman–Crippen MR) is 70.5 cm³/mol. The molecule has 1 aromatic rings. The molecule has 1 atom stereocenters. The van der Waals surface area contributed by atoms with Crippen LogP contribution in [0.5, 0.6) is 0 Å². The first-order valence-electron chi connectivity index (χ1n) is 6.51. The first kappa shape index (κ1) is 13.1. The number of amides is 1. The topological polar surface area (TPSA) is 59.0 Å². The summed E-state index contributed by atoms with van der Waals surface area (Å²) < 4.78 is 2.00. The number of carbonyl (C=O) groups is 1. The maximum atomic E-state index is 11.7. The summed E-state index contributed by atoms with van der Waals surface area (Å²) >= 11 is 0. The Morgan fingerprint density at radius 2 is 2.17 bits per heavy atom. The van der Waals surface area contributed by atoms with Gasteiger partial charge in [0.05, 0.1) is 17.7 Å². The molecule has 2 N–H and O–H groups in total. The minimum atomic E-state index is 0.152. The van der Waals surface area contributed by atoms with Gasteiger partial charge >= 0.3 is 0 Å². The maximum absolute atomic E-state index is 11.7. The van der Waals surface area contributed by atoms with Crippen molar-refractivity contribution < 1.29 is 4.79 Å². The molecule has 0 unspecified atom stereocenters. The SMILES string of the molecule is Cc1nn([C@@H](C)CNC(=O)C2CNC2)c(C)c1C. The Morgan fingerprint density at radius 1 is 1.50 bits per heavy atom. The fraction of sp³-hybridized carbons (Fsp3) is 0.692. The molecule has 1 saturated heterocycles. The van der Waals surface area contributed by atoms with Crippen LogP contribution in [0, 0.1) is 26.7 Å². The molecule has 1 aromatic heterocycles. The van der Waals surface area contributed by atoms with Gasteiger partial charge in [0.2, 0.25) is 5.91 Å². The van der Waals surface area contributed by atoms with Crippen LogP contribution in [-0.2, 0) is 4.79 Å². The van der Waals surface area contributed by atoms with Crippen LogP contribution in [0.2, 0.25) is 0 Å². The quantitative estimate of drug-likeness (QED) is 0.827. The first-order valence-corrected chi connectivity index (χ1v) is 6.51. The van der Waals surface area contributed by atoms with Crippen molar-refractivity contribution in [2.75, 3.05) is 19.6 Å². The molecule has 5 heteroatoms. The number of carbonyl (C=O) groups excluding carboxylic acids is 1. The van der Waals surface area contributed by atoms with Crippen LogP contribution in [-0.4, -0.2) is 35.3 Å². The van der Waals surface area contributed by atoms with Crippen molar-refractivity contribution in [2.45, 2.75) is 33.7 Å². The number of rotatable bonds is 4. The number of aryl methyl sites for hydroxylation is 1. The Labute approximate surface area is 108 Å². The highest BCUT2D eigenvalue weighted by molar-refractivity contribution is 5.79. The number of aromatic nitrogens is 2. The molecule has 100 valence electrons. The zero-order valence-corrected chi connectivity index (χ0v) is 11.6. The van der Waals surface area contributed by atoms with Gasteiger partial charge in [-0.25, -0.2) is 0 Å². The van der Waals surface area contributed by atoms with Gasteiger partial charge < -0.3 is 10.6 Å². The van der Waals surface area contributed by atoms with Gasteiger partial charge in [0.1, 0.15) is 0 Å². The van der Waals surface area contributed by atoms with E-state index in [1.165, 1.54) is 11.3 Å². The van der Waals surface area contributed by atoms with Crippen LogP contribution in [0.3, 0.4) is 0 Å². The number of nitrogens with one attached hydrogen (secondary N) is 2. The van der Waals surface area contributed by atoms with Crippen LogP contribution < -0.4 is 10.6 Å². The zero-order valence-electron chi connectivity index (χ0n) is 11.6. The van der Waals surface area contributed by atoms with Crippen molar-refractivity contribution in [3.05, 3.63) is 17.0 Å². The van der Waals surface area contributed by atoms with Crippen LogP contribution in [0.1, 0.15) is 29.9 Å². The lowest BCUT2D eigenvalue weighted by molar-refractivity contribution is -0.126. The van der Waals surface area contributed by atoms with Gasteiger partial charge in [-0.05, 0) is 33.3 Å². The van der Waals surface area contributed by atoms with E-state index >= 15 is 0 Å². The highest BCUT2D eigenvalue weighted by atomic mass is 16.2. The third kappa shape index (κ3) is 2.41. The van der Waals surface area contributed by atoms with Gasteiger partial charge in [-0.1, -0.05) is 0 Å². The number of nitrogens with zero attached hydrogens (tertiary/aromatic N) is 2. The van der Waals surface area contributed by atoms with Crippen molar-refractivity contribution in [3.8, 4) is 0 Å². The average Bonchev–Trinajstić information content (AvgIpc) is 2.51. The van der Waals surface area contributed by atoms with Crippen LogP contribution in [0.4, 0.5) is 0 Å². The van der Waals surface area contributed by atoms with Gasteiger partial charge in [0, 0.05) is 25.3 Å². The van der Waals surface area contributed by atoms with Crippen molar-refractivity contribution in [3.63, 3.8) is 0 Å². The second-order valence-electron chi connectivity index (χ2n) is 5.19. The summed E-state index contributed by atoms with van der Waals surface area (Å²) in [6.45, 7) is 10.5. The highest BCUT2D eigenvalue weighted by Gasteiger charge is 2.25. The van der Waals surface area contributed by atoms with E-state index in [4.69, 9.17) is 0 Å². The van der Waals surface area contributed by atoms with Crippen LogP contribution in [0.15, 0.2) is 0 Å². The fourth-order valence-corrected chi connectivity index (χ4v) is 2.13. The van der Waals surface area contributed by atoms with Gasteiger partial charge in [-0.2, -0.15) is 5.10 Å². The van der Waals surface area contributed by atoms with Gasteiger partial charge in [-0.3, -0.25) is 9.48 Å². The lowest BCUT2D eigenvalue weighted by atomic mass is 10.0. The van der Waals surface area contributed by atoms with E-state index in [0.29, 0.717) is 6.54 Å². The molecule has 0 spiro atoms. The highest BCUT2D eigenvalue weighted by Crippen LogP contribution is 2.15. The third-order valence-electron chi connectivity index (χ3n) is 3.83. The summed E-state index contributed by atoms with van der Waals surface area (Å²) in [6.07, 6.45) is 0. The van der Waals surface area contributed by atoms with Gasteiger partial charge in [0.25, 0.3) is 0 Å². The van der Waals surface area contributed by atoms with E-state index in [9.17, 15) is 4.79 Å². The molecule has 1 aliphatic heterocycles. The van der Waals surface area contributed by atoms with Gasteiger partial charge in [-0.15, -0.1) is 0 Å². The lowest BCUT2D eigenvalue weighted by Crippen LogP contribution is -2.51. The Balaban J connectivity index is 1.92. The largest absolute Gasteiger partial charge is 0.354 e. The average molecular weight is 250 g/mol. The molecular weight excluding hydrogens is 228 g/mol. The van der Waals surface area contributed by atoms with Crippen molar-refractivity contribution >= 4 is 5.91 Å². The summed E-state index contributed by atoms with van der Waals surface area (Å²) in [7, 11) is 0. The molecule has 18 heavy (non-hydrogen) atoms. The molecule has 0 aromatic carbocycles. The molecule has 5 nitrogen and oxygen atoms in total. The minimum absolute atomic E-state index is 0.152. The molecule has 1 amide bonds. The van der Waals surface area contributed by atoms with E-state index < -0.39 is 0 Å². The second kappa shape index (κ2) is 5.10. The van der Waals surface area contributed by atoms with Crippen molar-refractivity contribution in [1.29, 1.82) is 0 Å². The van der Waals surface area contributed by atoms with E-state index in [1.807, 2.05) is 11.6 Å². The van der Waals surface area contributed by atoms with Crippen LogP contribution in [0.25, 0.3) is 0 Å². The second-order valence-corrected chi connectivity index (χ2v) is 5.19.